The van der Waals surface area contributed by atoms with Crippen molar-refractivity contribution >= 4 is 39.3 Å². The lowest BCUT2D eigenvalue weighted by Crippen LogP contribution is -2.34. The molecule has 9 heteroatoms. The highest BCUT2D eigenvalue weighted by Crippen LogP contribution is 2.26. The number of nitro groups is 1. The van der Waals surface area contributed by atoms with E-state index in [1.165, 1.54) is 18.2 Å². The van der Waals surface area contributed by atoms with Gasteiger partial charge in [-0.15, -0.1) is 0 Å². The van der Waals surface area contributed by atoms with E-state index in [1.807, 2.05) is 0 Å². The number of anilines is 1. The maximum Gasteiger partial charge on any atom is 0.325 e. The Hall–Kier alpha value is -2.16. The third-order valence-electron chi connectivity index (χ3n) is 2.11. The Bertz CT molecular complexity index is 535. The van der Waals surface area contributed by atoms with Crippen LogP contribution in [0.1, 0.15) is 6.92 Å². The fourth-order valence-corrected chi connectivity index (χ4v) is 1.72. The van der Waals surface area contributed by atoms with Crippen LogP contribution in [0.2, 0.25) is 0 Å². The molecule has 2 amide bonds. The zero-order valence-corrected chi connectivity index (χ0v) is 12.1. The third kappa shape index (κ3) is 4.84. The largest absolute Gasteiger partial charge is 0.465 e. The lowest BCUT2D eigenvalue weighted by atomic mass is 10.3. The molecule has 2 N–H and O–H groups in total. The van der Waals surface area contributed by atoms with Gasteiger partial charge in [-0.3, -0.25) is 14.9 Å². The number of hydrogen-bond acceptors (Lipinski definition) is 5. The molecule has 8 nitrogen and oxygen atoms in total. The summed E-state index contributed by atoms with van der Waals surface area (Å²) < 4.78 is 5.00. The predicted octanol–water partition coefficient (Wildman–Crippen LogP) is 2.04. The lowest BCUT2D eigenvalue weighted by Gasteiger charge is -2.08. The number of nitrogens with one attached hydrogen (secondary N) is 2. The molecule has 20 heavy (non-hydrogen) atoms. The first kappa shape index (κ1) is 15.9. The maximum absolute atomic E-state index is 11.5. The first-order chi connectivity index (χ1) is 9.43. The highest BCUT2D eigenvalue weighted by molar-refractivity contribution is 9.10. The van der Waals surface area contributed by atoms with Gasteiger partial charge < -0.3 is 15.4 Å². The SMILES string of the molecule is CCOC(=O)CNC(=O)Nc1ccc([N+](=O)[O-])cc1Br. The number of ether oxygens (including phenoxy) is 1. The smallest absolute Gasteiger partial charge is 0.325 e. The molecule has 0 bridgehead atoms. The van der Waals surface area contributed by atoms with Gasteiger partial charge in [-0.2, -0.15) is 0 Å². The van der Waals surface area contributed by atoms with Crippen LogP contribution in [0.15, 0.2) is 22.7 Å². The van der Waals surface area contributed by atoms with Crippen LogP contribution in [0.5, 0.6) is 0 Å². The van der Waals surface area contributed by atoms with E-state index in [1.54, 1.807) is 6.92 Å². The van der Waals surface area contributed by atoms with Crippen molar-refractivity contribution < 1.29 is 19.2 Å². The van der Waals surface area contributed by atoms with E-state index in [-0.39, 0.29) is 18.8 Å². The van der Waals surface area contributed by atoms with E-state index in [4.69, 9.17) is 0 Å². The highest BCUT2D eigenvalue weighted by atomic mass is 79.9. The van der Waals surface area contributed by atoms with Crippen LogP contribution in [0, 0.1) is 10.1 Å². The minimum absolute atomic E-state index is 0.102. The van der Waals surface area contributed by atoms with Crippen molar-refractivity contribution in [3.63, 3.8) is 0 Å². The molecule has 0 spiro atoms. The summed E-state index contributed by atoms with van der Waals surface area (Å²) in [6.07, 6.45) is 0. The summed E-state index contributed by atoms with van der Waals surface area (Å²) in [4.78, 5) is 32.6. The fraction of sp³-hybridized carbons (Fsp3) is 0.273. The highest BCUT2D eigenvalue weighted by Gasteiger charge is 2.11. The molecule has 0 aromatic heterocycles. The minimum Gasteiger partial charge on any atom is -0.465 e. The van der Waals surface area contributed by atoms with Crippen LogP contribution in [-0.2, 0) is 9.53 Å². The second-order valence-electron chi connectivity index (χ2n) is 3.53. The molecule has 0 saturated heterocycles. The van der Waals surface area contributed by atoms with E-state index in [0.29, 0.717) is 10.2 Å². The van der Waals surface area contributed by atoms with Crippen LogP contribution in [0.4, 0.5) is 16.2 Å². The molecule has 0 fully saturated rings. The summed E-state index contributed by atoms with van der Waals surface area (Å²) in [6.45, 7) is 1.63. The molecule has 1 aromatic carbocycles. The van der Waals surface area contributed by atoms with Crippen molar-refractivity contribution in [1.29, 1.82) is 0 Å². The van der Waals surface area contributed by atoms with Crippen LogP contribution in [-0.4, -0.2) is 30.1 Å². The van der Waals surface area contributed by atoms with Gasteiger partial charge in [0, 0.05) is 16.6 Å². The van der Waals surface area contributed by atoms with Crippen LogP contribution < -0.4 is 10.6 Å². The summed E-state index contributed by atoms with van der Waals surface area (Å²) in [6, 6.07) is 3.28. The van der Waals surface area contributed by atoms with E-state index in [9.17, 15) is 19.7 Å². The Morgan fingerprint density at radius 2 is 2.15 bits per heavy atom. The van der Waals surface area contributed by atoms with Gasteiger partial charge in [0.2, 0.25) is 0 Å². The molecular formula is C11H12BrN3O5. The number of rotatable bonds is 5. The van der Waals surface area contributed by atoms with Crippen LogP contribution >= 0.6 is 15.9 Å². The Balaban J connectivity index is 2.58. The van der Waals surface area contributed by atoms with Gasteiger partial charge >= 0.3 is 12.0 Å². The molecule has 1 aromatic rings. The van der Waals surface area contributed by atoms with Crippen molar-refractivity contribution in [2.45, 2.75) is 6.92 Å². The first-order valence-electron chi connectivity index (χ1n) is 5.58. The van der Waals surface area contributed by atoms with Gasteiger partial charge in [0.25, 0.3) is 5.69 Å². The van der Waals surface area contributed by atoms with Gasteiger partial charge in [0.1, 0.15) is 6.54 Å². The number of carbonyl (C=O) groups is 2. The number of amides is 2. The normalized spacial score (nSPS) is 9.70. The number of benzene rings is 1. The quantitative estimate of drug-likeness (QED) is 0.482. The Labute approximate surface area is 122 Å². The molecule has 0 heterocycles. The molecule has 1 rings (SSSR count). The third-order valence-corrected chi connectivity index (χ3v) is 2.77. The maximum atomic E-state index is 11.5. The van der Waals surface area contributed by atoms with Gasteiger partial charge in [0.15, 0.2) is 0 Å². The average molecular weight is 346 g/mol. The zero-order chi connectivity index (χ0) is 15.1. The number of non-ortho nitro benzene ring substituents is 1. The molecule has 0 radical (unpaired) electrons. The monoisotopic (exact) mass is 345 g/mol. The summed E-state index contributed by atoms with van der Waals surface area (Å²) in [5.74, 6) is -0.551. The van der Waals surface area contributed by atoms with Crippen LogP contribution in [0.3, 0.4) is 0 Å². The lowest BCUT2D eigenvalue weighted by molar-refractivity contribution is -0.384. The van der Waals surface area contributed by atoms with E-state index >= 15 is 0 Å². The van der Waals surface area contributed by atoms with Gasteiger partial charge in [-0.1, -0.05) is 0 Å². The number of nitrogens with zero attached hydrogens (tertiary/aromatic N) is 1. The van der Waals surface area contributed by atoms with E-state index < -0.39 is 16.9 Å². The van der Waals surface area contributed by atoms with Crippen molar-refractivity contribution in [3.05, 3.63) is 32.8 Å². The molecule has 0 unspecified atom stereocenters. The Morgan fingerprint density at radius 3 is 2.70 bits per heavy atom. The number of urea groups is 1. The molecule has 0 atom stereocenters. The topological polar surface area (TPSA) is 111 Å². The van der Waals surface area contributed by atoms with Crippen molar-refractivity contribution in [2.24, 2.45) is 0 Å². The zero-order valence-electron chi connectivity index (χ0n) is 10.5. The summed E-state index contributed by atoms with van der Waals surface area (Å²) in [7, 11) is 0. The molecular weight excluding hydrogens is 334 g/mol. The van der Waals surface area contributed by atoms with Crippen LogP contribution in [0.25, 0.3) is 0 Å². The summed E-state index contributed by atoms with van der Waals surface area (Å²) >= 11 is 3.11. The van der Waals surface area contributed by atoms with Crippen molar-refractivity contribution in [2.75, 3.05) is 18.5 Å². The second-order valence-corrected chi connectivity index (χ2v) is 4.39. The van der Waals surface area contributed by atoms with Gasteiger partial charge in [-0.05, 0) is 28.9 Å². The average Bonchev–Trinajstić information content (AvgIpc) is 2.39. The number of carbonyl (C=O) groups excluding carboxylic acids is 2. The van der Waals surface area contributed by atoms with E-state index in [0.717, 1.165) is 0 Å². The molecule has 0 aliphatic carbocycles. The van der Waals surface area contributed by atoms with Gasteiger partial charge in [0.05, 0.1) is 17.2 Å². The second kappa shape index (κ2) is 7.43. The van der Waals surface area contributed by atoms with Crippen molar-refractivity contribution in [3.8, 4) is 0 Å². The molecule has 0 saturated carbocycles. The molecule has 0 aliphatic rings. The number of esters is 1. The number of nitro benzene ring substituents is 1. The Morgan fingerprint density at radius 1 is 1.45 bits per heavy atom. The first-order valence-corrected chi connectivity index (χ1v) is 6.37. The van der Waals surface area contributed by atoms with E-state index in [2.05, 4.69) is 31.3 Å². The summed E-state index contributed by atoms with van der Waals surface area (Å²) in [5, 5.41) is 15.3. The summed E-state index contributed by atoms with van der Waals surface area (Å²) in [5.41, 5.74) is 0.242. The Kier molecular flexibility index (Phi) is 5.91. The number of hydrogen-bond donors (Lipinski definition) is 2. The predicted molar refractivity (Wildman–Crippen MR) is 74.5 cm³/mol. The number of halogens is 1. The standard InChI is InChI=1S/C11H12BrN3O5/c1-2-20-10(16)6-13-11(17)14-9-4-3-7(15(18)19)5-8(9)12/h3-5H,2,6H2,1H3,(H2,13,14,17). The molecule has 0 aliphatic heterocycles. The molecule has 108 valence electrons. The fourth-order valence-electron chi connectivity index (χ4n) is 1.25. The van der Waals surface area contributed by atoms with Crippen molar-refractivity contribution in [1.82, 2.24) is 5.32 Å². The van der Waals surface area contributed by atoms with Gasteiger partial charge in [-0.25, -0.2) is 4.79 Å². The minimum atomic E-state index is -0.618.